The van der Waals surface area contributed by atoms with E-state index in [-0.39, 0.29) is 18.2 Å². The molecule has 0 aliphatic carbocycles. The second-order valence-electron chi connectivity index (χ2n) is 5.28. The van der Waals surface area contributed by atoms with Gasteiger partial charge in [-0.05, 0) is 37.3 Å². The monoisotopic (exact) mass is 378 g/mol. The van der Waals surface area contributed by atoms with E-state index in [1.807, 2.05) is 11.8 Å². The van der Waals surface area contributed by atoms with Crippen molar-refractivity contribution in [2.75, 3.05) is 24.4 Å². The van der Waals surface area contributed by atoms with Crippen LogP contribution in [0.3, 0.4) is 0 Å². The van der Waals surface area contributed by atoms with Gasteiger partial charge in [-0.1, -0.05) is 0 Å². The maximum atomic E-state index is 11.2. The molecule has 0 fully saturated rings. The number of nitrogens with one attached hydrogen (secondary N) is 1. The number of pyridine rings is 1. The summed E-state index contributed by atoms with van der Waals surface area (Å²) in [5.41, 5.74) is 1.28. The summed E-state index contributed by atoms with van der Waals surface area (Å²) in [7, 11) is -3.27. The molecule has 11 heteroatoms. The third-order valence-electron chi connectivity index (χ3n) is 3.33. The predicted octanol–water partition coefficient (Wildman–Crippen LogP) is 2.74. The van der Waals surface area contributed by atoms with Crippen LogP contribution in [0.5, 0.6) is 0 Å². The van der Waals surface area contributed by atoms with E-state index in [4.69, 9.17) is 0 Å². The van der Waals surface area contributed by atoms with Crippen molar-refractivity contribution >= 4 is 32.9 Å². The van der Waals surface area contributed by atoms with Crippen LogP contribution in [-0.4, -0.2) is 37.8 Å². The van der Waals surface area contributed by atoms with Crippen molar-refractivity contribution in [3.8, 4) is 0 Å². The highest BCUT2D eigenvalue weighted by Crippen LogP contribution is 2.22. The maximum absolute atomic E-state index is 11.2. The van der Waals surface area contributed by atoms with E-state index in [0.29, 0.717) is 12.2 Å². The smallest absolute Gasteiger partial charge is 0.287 e. The standard InChI is InChI=1S/C15H18N6O4S/c1-3-20(11-17-26(2,24)25)13-6-4-12(5-7-13)18-19-15-9-8-14(10-16-15)21(22)23/h4-10,17H,3,11H2,1-2H3. The highest BCUT2D eigenvalue weighted by atomic mass is 32.2. The summed E-state index contributed by atoms with van der Waals surface area (Å²) in [5.74, 6) is 0.257. The van der Waals surface area contributed by atoms with Gasteiger partial charge < -0.3 is 4.90 Å². The number of anilines is 1. The van der Waals surface area contributed by atoms with Crippen LogP contribution in [0, 0.1) is 10.1 Å². The minimum Gasteiger partial charge on any atom is -0.358 e. The zero-order valence-electron chi connectivity index (χ0n) is 14.2. The van der Waals surface area contributed by atoms with Crippen LogP contribution in [0.15, 0.2) is 52.8 Å². The molecular weight excluding hydrogens is 360 g/mol. The van der Waals surface area contributed by atoms with Crippen molar-refractivity contribution in [3.63, 3.8) is 0 Å². The molecule has 2 aromatic rings. The van der Waals surface area contributed by atoms with Gasteiger partial charge in [0.2, 0.25) is 10.0 Å². The van der Waals surface area contributed by atoms with Crippen LogP contribution < -0.4 is 9.62 Å². The van der Waals surface area contributed by atoms with Crippen molar-refractivity contribution in [1.29, 1.82) is 0 Å². The number of sulfonamides is 1. The molecule has 0 aliphatic heterocycles. The Bertz CT molecular complexity index is 881. The van der Waals surface area contributed by atoms with E-state index in [1.54, 1.807) is 24.3 Å². The average Bonchev–Trinajstić information content (AvgIpc) is 2.61. The number of aromatic nitrogens is 1. The Morgan fingerprint density at radius 3 is 2.38 bits per heavy atom. The van der Waals surface area contributed by atoms with Gasteiger partial charge in [0, 0.05) is 18.3 Å². The molecule has 138 valence electrons. The number of hydrogen-bond donors (Lipinski definition) is 1. The number of nitrogens with zero attached hydrogens (tertiary/aromatic N) is 5. The lowest BCUT2D eigenvalue weighted by atomic mass is 10.2. The van der Waals surface area contributed by atoms with Gasteiger partial charge in [-0.25, -0.2) is 13.4 Å². The van der Waals surface area contributed by atoms with Gasteiger partial charge in [0.15, 0.2) is 5.82 Å². The lowest BCUT2D eigenvalue weighted by Gasteiger charge is -2.22. The molecule has 0 radical (unpaired) electrons. The summed E-state index contributed by atoms with van der Waals surface area (Å²) >= 11 is 0. The molecule has 0 amide bonds. The molecule has 0 bridgehead atoms. The molecule has 0 saturated carbocycles. The van der Waals surface area contributed by atoms with E-state index in [1.165, 1.54) is 12.1 Å². The van der Waals surface area contributed by atoms with E-state index in [0.717, 1.165) is 18.1 Å². The Hall–Kier alpha value is -2.92. The minimum absolute atomic E-state index is 0.115. The SMILES string of the molecule is CCN(CNS(C)(=O)=O)c1ccc(N=Nc2ccc([N+](=O)[O-])cn2)cc1. The molecule has 1 heterocycles. The molecule has 1 N–H and O–H groups in total. The Kier molecular flexibility index (Phi) is 6.31. The first-order valence-electron chi connectivity index (χ1n) is 7.60. The second kappa shape index (κ2) is 8.45. The maximum Gasteiger partial charge on any atom is 0.287 e. The van der Waals surface area contributed by atoms with Gasteiger partial charge in [-0.3, -0.25) is 10.1 Å². The molecule has 0 atom stereocenters. The minimum atomic E-state index is -3.27. The topological polar surface area (TPSA) is 130 Å². The summed E-state index contributed by atoms with van der Waals surface area (Å²) in [6, 6.07) is 9.76. The Morgan fingerprint density at radius 1 is 1.19 bits per heavy atom. The first kappa shape index (κ1) is 19.4. The Morgan fingerprint density at radius 2 is 1.88 bits per heavy atom. The lowest BCUT2D eigenvalue weighted by molar-refractivity contribution is -0.385. The number of nitro groups is 1. The van der Waals surface area contributed by atoms with Crippen LogP contribution in [0.4, 0.5) is 22.9 Å². The summed E-state index contributed by atoms with van der Waals surface area (Å²) in [6.07, 6.45) is 2.22. The first-order valence-corrected chi connectivity index (χ1v) is 9.49. The molecule has 1 aromatic heterocycles. The number of benzene rings is 1. The highest BCUT2D eigenvalue weighted by Gasteiger charge is 2.08. The predicted molar refractivity (Wildman–Crippen MR) is 97.4 cm³/mol. The molecule has 0 aliphatic rings. The van der Waals surface area contributed by atoms with Gasteiger partial charge in [0.05, 0.1) is 23.5 Å². The summed E-state index contributed by atoms with van der Waals surface area (Å²) < 4.78 is 24.9. The van der Waals surface area contributed by atoms with Crippen molar-refractivity contribution in [3.05, 3.63) is 52.7 Å². The van der Waals surface area contributed by atoms with E-state index >= 15 is 0 Å². The molecule has 1 aromatic carbocycles. The third kappa shape index (κ3) is 5.86. The fourth-order valence-electron chi connectivity index (χ4n) is 1.97. The van der Waals surface area contributed by atoms with Gasteiger partial charge in [0.25, 0.3) is 5.69 Å². The lowest BCUT2D eigenvalue weighted by Crippen LogP contribution is -2.37. The zero-order chi connectivity index (χ0) is 19.2. The van der Waals surface area contributed by atoms with Crippen LogP contribution in [0.2, 0.25) is 0 Å². The van der Waals surface area contributed by atoms with E-state index in [9.17, 15) is 18.5 Å². The fourth-order valence-corrected chi connectivity index (χ4v) is 2.36. The van der Waals surface area contributed by atoms with Crippen LogP contribution in [0.25, 0.3) is 0 Å². The Balaban J connectivity index is 2.04. The fraction of sp³-hybridized carbons (Fsp3) is 0.267. The first-order chi connectivity index (χ1) is 12.3. The number of rotatable bonds is 8. The van der Waals surface area contributed by atoms with Crippen molar-refractivity contribution in [2.24, 2.45) is 10.2 Å². The van der Waals surface area contributed by atoms with Crippen LogP contribution in [-0.2, 0) is 10.0 Å². The summed E-state index contributed by atoms with van der Waals surface area (Å²) in [6.45, 7) is 2.71. The van der Waals surface area contributed by atoms with Crippen LogP contribution in [0.1, 0.15) is 6.92 Å². The van der Waals surface area contributed by atoms with Gasteiger partial charge >= 0.3 is 0 Å². The van der Waals surface area contributed by atoms with Gasteiger partial charge in [-0.2, -0.15) is 4.72 Å². The summed E-state index contributed by atoms with van der Waals surface area (Å²) in [5, 5.41) is 18.5. The number of hydrogen-bond acceptors (Lipinski definition) is 8. The molecule has 10 nitrogen and oxygen atoms in total. The number of azo groups is 1. The Labute approximate surface area is 150 Å². The average molecular weight is 378 g/mol. The largest absolute Gasteiger partial charge is 0.358 e. The molecule has 0 saturated heterocycles. The molecule has 0 spiro atoms. The zero-order valence-corrected chi connectivity index (χ0v) is 15.0. The van der Waals surface area contributed by atoms with Crippen molar-refractivity contribution in [2.45, 2.75) is 6.92 Å². The third-order valence-corrected chi connectivity index (χ3v) is 3.98. The molecular formula is C15H18N6O4S. The molecule has 2 rings (SSSR count). The van der Waals surface area contributed by atoms with Crippen molar-refractivity contribution < 1.29 is 13.3 Å². The highest BCUT2D eigenvalue weighted by molar-refractivity contribution is 7.88. The van der Waals surface area contributed by atoms with Gasteiger partial charge in [-0.15, -0.1) is 10.2 Å². The molecule has 0 unspecified atom stereocenters. The normalized spacial score (nSPS) is 11.6. The van der Waals surface area contributed by atoms with Gasteiger partial charge in [0.1, 0.15) is 6.20 Å². The quantitative estimate of drug-likeness (QED) is 0.325. The second-order valence-corrected chi connectivity index (χ2v) is 7.11. The van der Waals surface area contributed by atoms with Crippen molar-refractivity contribution in [1.82, 2.24) is 9.71 Å². The van der Waals surface area contributed by atoms with Crippen LogP contribution >= 0.6 is 0 Å². The summed E-state index contributed by atoms with van der Waals surface area (Å²) in [4.78, 5) is 15.7. The van der Waals surface area contributed by atoms with E-state index < -0.39 is 14.9 Å². The van der Waals surface area contributed by atoms with E-state index in [2.05, 4.69) is 19.9 Å². The molecule has 26 heavy (non-hydrogen) atoms.